The molecule has 0 atom stereocenters. The summed E-state index contributed by atoms with van der Waals surface area (Å²) in [5.74, 6) is -0.247. The molecule has 0 N–H and O–H groups in total. The van der Waals surface area contributed by atoms with Gasteiger partial charge in [0.25, 0.3) is 0 Å². The highest BCUT2D eigenvalue weighted by Gasteiger charge is 2.13. The van der Waals surface area contributed by atoms with Crippen LogP contribution >= 0.6 is 15.9 Å². The Kier molecular flexibility index (Phi) is 2.67. The van der Waals surface area contributed by atoms with E-state index in [4.69, 9.17) is 0 Å². The zero-order chi connectivity index (χ0) is 12.7. The number of fused-ring (bicyclic) bond motifs is 1. The Hall–Kier alpha value is -1.68. The number of halogens is 2. The van der Waals surface area contributed by atoms with Crippen LogP contribution in [0.1, 0.15) is 5.69 Å². The van der Waals surface area contributed by atoms with Crippen molar-refractivity contribution in [2.45, 2.75) is 6.92 Å². The van der Waals surface area contributed by atoms with Gasteiger partial charge in [0.1, 0.15) is 11.5 Å². The molecule has 1 aromatic carbocycles. The number of aromatic nitrogens is 2. The van der Waals surface area contributed by atoms with Crippen LogP contribution in [0.15, 0.2) is 47.1 Å². The molecule has 0 saturated carbocycles. The molecule has 0 aliphatic rings. The maximum atomic E-state index is 13.8. The van der Waals surface area contributed by atoms with E-state index in [1.54, 1.807) is 12.1 Å². The van der Waals surface area contributed by atoms with Crippen molar-refractivity contribution in [1.82, 2.24) is 9.38 Å². The van der Waals surface area contributed by atoms with Gasteiger partial charge in [-0.15, -0.1) is 0 Å². The average Bonchev–Trinajstić information content (AvgIpc) is 2.68. The van der Waals surface area contributed by atoms with Gasteiger partial charge in [0, 0.05) is 21.9 Å². The summed E-state index contributed by atoms with van der Waals surface area (Å²) in [5.41, 5.74) is 2.96. The van der Waals surface area contributed by atoms with Crippen LogP contribution in [0, 0.1) is 12.7 Å². The van der Waals surface area contributed by atoms with Crippen molar-refractivity contribution in [3.8, 4) is 11.3 Å². The number of rotatable bonds is 1. The van der Waals surface area contributed by atoms with Gasteiger partial charge in [0.15, 0.2) is 0 Å². The van der Waals surface area contributed by atoms with Crippen LogP contribution in [0.4, 0.5) is 4.39 Å². The molecule has 0 unspecified atom stereocenters. The molecule has 0 bridgehead atoms. The summed E-state index contributed by atoms with van der Waals surface area (Å²) in [4.78, 5) is 4.49. The number of imidazole rings is 1. The van der Waals surface area contributed by atoms with Crippen LogP contribution in [0.2, 0.25) is 0 Å². The standard InChI is InChI=1S/C14H10BrFN2/c1-9-14(11-4-2-3-5-12(11)16)17-13-7-6-10(15)8-18(9)13/h2-8H,1H3. The van der Waals surface area contributed by atoms with Gasteiger partial charge in [0.05, 0.1) is 5.69 Å². The third kappa shape index (κ3) is 1.73. The monoisotopic (exact) mass is 304 g/mol. The fourth-order valence-electron chi connectivity index (χ4n) is 2.04. The quantitative estimate of drug-likeness (QED) is 0.658. The lowest BCUT2D eigenvalue weighted by atomic mass is 10.1. The first kappa shape index (κ1) is 11.4. The van der Waals surface area contributed by atoms with Crippen LogP contribution in [-0.4, -0.2) is 9.38 Å². The van der Waals surface area contributed by atoms with Crippen LogP contribution < -0.4 is 0 Å². The number of pyridine rings is 1. The van der Waals surface area contributed by atoms with Crippen molar-refractivity contribution in [2.75, 3.05) is 0 Å². The molecule has 0 aliphatic carbocycles. The smallest absolute Gasteiger partial charge is 0.137 e. The summed E-state index contributed by atoms with van der Waals surface area (Å²) >= 11 is 3.42. The van der Waals surface area contributed by atoms with Crippen LogP contribution in [0.25, 0.3) is 16.9 Å². The fraction of sp³-hybridized carbons (Fsp3) is 0.0714. The first-order valence-electron chi connectivity index (χ1n) is 5.56. The lowest BCUT2D eigenvalue weighted by molar-refractivity contribution is 0.630. The Morgan fingerprint density at radius 2 is 1.94 bits per heavy atom. The van der Waals surface area contributed by atoms with Gasteiger partial charge in [-0.2, -0.15) is 0 Å². The molecule has 3 aromatic rings. The number of benzene rings is 1. The van der Waals surface area contributed by atoms with Crippen molar-refractivity contribution < 1.29 is 4.39 Å². The van der Waals surface area contributed by atoms with Crippen molar-refractivity contribution in [2.24, 2.45) is 0 Å². The van der Waals surface area contributed by atoms with Crippen LogP contribution in [-0.2, 0) is 0 Å². The summed E-state index contributed by atoms with van der Waals surface area (Å²) in [7, 11) is 0. The van der Waals surface area contributed by atoms with E-state index < -0.39 is 0 Å². The normalized spacial score (nSPS) is 11.1. The first-order chi connectivity index (χ1) is 8.66. The molecular formula is C14H10BrFN2. The van der Waals surface area contributed by atoms with E-state index in [1.165, 1.54) is 6.07 Å². The van der Waals surface area contributed by atoms with E-state index in [1.807, 2.05) is 35.7 Å². The van der Waals surface area contributed by atoms with Gasteiger partial charge in [0.2, 0.25) is 0 Å². The SMILES string of the molecule is Cc1c(-c2ccccc2F)nc2ccc(Br)cn12. The second-order valence-corrected chi connectivity index (χ2v) is 5.02. The topological polar surface area (TPSA) is 17.3 Å². The molecule has 0 spiro atoms. The van der Waals surface area contributed by atoms with E-state index in [0.29, 0.717) is 11.3 Å². The highest BCUT2D eigenvalue weighted by Crippen LogP contribution is 2.26. The summed E-state index contributed by atoms with van der Waals surface area (Å²) in [6.45, 7) is 1.94. The number of aryl methyl sites for hydroxylation is 1. The third-order valence-corrected chi connectivity index (χ3v) is 3.42. The summed E-state index contributed by atoms with van der Waals surface area (Å²) in [6.07, 6.45) is 1.93. The third-order valence-electron chi connectivity index (χ3n) is 2.95. The molecule has 2 heterocycles. The molecule has 18 heavy (non-hydrogen) atoms. The van der Waals surface area contributed by atoms with Gasteiger partial charge in [-0.05, 0) is 47.1 Å². The molecule has 0 radical (unpaired) electrons. The molecule has 0 saturated heterocycles. The van der Waals surface area contributed by atoms with Crippen LogP contribution in [0.3, 0.4) is 0 Å². The first-order valence-corrected chi connectivity index (χ1v) is 6.35. The minimum Gasteiger partial charge on any atom is -0.303 e. The second kappa shape index (κ2) is 4.21. The molecular weight excluding hydrogens is 295 g/mol. The summed E-state index contributed by atoms with van der Waals surface area (Å²) in [6, 6.07) is 10.5. The van der Waals surface area contributed by atoms with Crippen LogP contribution in [0.5, 0.6) is 0 Å². The predicted octanol–water partition coefficient (Wildman–Crippen LogP) is 4.21. The molecule has 2 nitrogen and oxygen atoms in total. The van der Waals surface area contributed by atoms with E-state index >= 15 is 0 Å². The van der Waals surface area contributed by atoms with Gasteiger partial charge in [-0.3, -0.25) is 0 Å². The fourth-order valence-corrected chi connectivity index (χ4v) is 2.38. The number of hydrogen-bond donors (Lipinski definition) is 0. The van der Waals surface area contributed by atoms with E-state index in [0.717, 1.165) is 15.8 Å². The summed E-state index contributed by atoms with van der Waals surface area (Å²) < 4.78 is 16.7. The highest BCUT2D eigenvalue weighted by molar-refractivity contribution is 9.10. The van der Waals surface area contributed by atoms with Gasteiger partial charge in [-0.1, -0.05) is 12.1 Å². The summed E-state index contributed by atoms with van der Waals surface area (Å²) in [5, 5.41) is 0. The minimum atomic E-state index is -0.247. The maximum Gasteiger partial charge on any atom is 0.137 e. The maximum absolute atomic E-state index is 13.8. The molecule has 0 amide bonds. The van der Waals surface area contributed by atoms with Crippen molar-refractivity contribution in [3.63, 3.8) is 0 Å². The van der Waals surface area contributed by atoms with E-state index in [9.17, 15) is 4.39 Å². The molecule has 4 heteroatoms. The van der Waals surface area contributed by atoms with Gasteiger partial charge >= 0.3 is 0 Å². The highest BCUT2D eigenvalue weighted by atomic mass is 79.9. The lowest BCUT2D eigenvalue weighted by Gasteiger charge is -2.01. The minimum absolute atomic E-state index is 0.247. The van der Waals surface area contributed by atoms with Crippen molar-refractivity contribution >= 4 is 21.6 Å². The lowest BCUT2D eigenvalue weighted by Crippen LogP contribution is -1.89. The Morgan fingerprint density at radius 3 is 2.72 bits per heavy atom. The van der Waals surface area contributed by atoms with E-state index in [2.05, 4.69) is 20.9 Å². The average molecular weight is 305 g/mol. The number of nitrogens with zero attached hydrogens (tertiary/aromatic N) is 2. The van der Waals surface area contributed by atoms with Gasteiger partial charge < -0.3 is 4.40 Å². The Morgan fingerprint density at radius 1 is 1.17 bits per heavy atom. The molecule has 90 valence electrons. The van der Waals surface area contributed by atoms with Crippen molar-refractivity contribution in [3.05, 3.63) is 58.6 Å². The zero-order valence-electron chi connectivity index (χ0n) is 9.69. The molecule has 2 aromatic heterocycles. The molecule has 3 rings (SSSR count). The number of hydrogen-bond acceptors (Lipinski definition) is 1. The Balaban J connectivity index is 2.31. The van der Waals surface area contributed by atoms with E-state index in [-0.39, 0.29) is 5.82 Å². The molecule has 0 fully saturated rings. The second-order valence-electron chi connectivity index (χ2n) is 4.10. The Bertz CT molecular complexity index is 734. The predicted molar refractivity (Wildman–Crippen MR) is 73.0 cm³/mol. The Labute approximate surface area is 112 Å². The largest absolute Gasteiger partial charge is 0.303 e. The molecule has 0 aliphatic heterocycles. The van der Waals surface area contributed by atoms with Crippen molar-refractivity contribution in [1.29, 1.82) is 0 Å². The zero-order valence-corrected chi connectivity index (χ0v) is 11.3. The van der Waals surface area contributed by atoms with Gasteiger partial charge in [-0.25, -0.2) is 9.37 Å².